The third-order valence-electron chi connectivity index (χ3n) is 2.96. The standard InChI is InChI=1S/C15H16ClN3S/c1-9-7-10(2)19-15(13(9)14(17)20)18-8-11-3-5-12(16)6-4-11/h3-7H,8H2,1-2H3,(H2,17,20)(H,18,19). The zero-order valence-corrected chi connectivity index (χ0v) is 13.0. The molecule has 1 aromatic heterocycles. The monoisotopic (exact) mass is 305 g/mol. The average molecular weight is 306 g/mol. The van der Waals surface area contributed by atoms with Crippen molar-refractivity contribution < 1.29 is 0 Å². The predicted molar refractivity (Wildman–Crippen MR) is 88.4 cm³/mol. The Morgan fingerprint density at radius 2 is 1.95 bits per heavy atom. The van der Waals surface area contributed by atoms with Crippen LogP contribution in [-0.2, 0) is 6.54 Å². The Morgan fingerprint density at radius 3 is 2.55 bits per heavy atom. The van der Waals surface area contributed by atoms with Gasteiger partial charge in [-0.25, -0.2) is 4.98 Å². The second-order valence-corrected chi connectivity index (χ2v) is 5.52. The minimum atomic E-state index is 0.355. The molecule has 0 bridgehead atoms. The highest BCUT2D eigenvalue weighted by Gasteiger charge is 2.11. The predicted octanol–water partition coefficient (Wildman–Crippen LogP) is 3.60. The quantitative estimate of drug-likeness (QED) is 0.848. The molecule has 2 rings (SSSR count). The number of hydrogen-bond donors (Lipinski definition) is 2. The first-order valence-electron chi connectivity index (χ1n) is 6.23. The van der Waals surface area contributed by atoms with Crippen molar-refractivity contribution in [3.63, 3.8) is 0 Å². The lowest BCUT2D eigenvalue weighted by Crippen LogP contribution is -2.16. The van der Waals surface area contributed by atoms with Gasteiger partial charge in [-0.15, -0.1) is 0 Å². The number of aryl methyl sites for hydroxylation is 2. The van der Waals surface area contributed by atoms with Crippen molar-refractivity contribution in [2.45, 2.75) is 20.4 Å². The molecule has 5 heteroatoms. The first-order chi connectivity index (χ1) is 9.47. The molecule has 0 aliphatic heterocycles. The van der Waals surface area contributed by atoms with Crippen molar-refractivity contribution in [2.24, 2.45) is 5.73 Å². The topological polar surface area (TPSA) is 50.9 Å². The van der Waals surface area contributed by atoms with E-state index >= 15 is 0 Å². The number of nitrogens with zero attached hydrogens (tertiary/aromatic N) is 1. The van der Waals surface area contributed by atoms with Gasteiger partial charge >= 0.3 is 0 Å². The van der Waals surface area contributed by atoms with Gasteiger partial charge in [0.15, 0.2) is 0 Å². The summed E-state index contributed by atoms with van der Waals surface area (Å²) in [6, 6.07) is 9.64. The van der Waals surface area contributed by atoms with E-state index < -0.39 is 0 Å². The lowest BCUT2D eigenvalue weighted by molar-refractivity contribution is 1.08. The van der Waals surface area contributed by atoms with E-state index in [0.29, 0.717) is 11.5 Å². The molecule has 0 aliphatic carbocycles. The number of thiocarbonyl (C=S) groups is 1. The molecule has 3 N–H and O–H groups in total. The van der Waals surface area contributed by atoms with Crippen LogP contribution in [0.2, 0.25) is 5.02 Å². The van der Waals surface area contributed by atoms with Gasteiger partial charge < -0.3 is 11.1 Å². The van der Waals surface area contributed by atoms with Crippen molar-refractivity contribution in [2.75, 3.05) is 5.32 Å². The van der Waals surface area contributed by atoms with Crippen molar-refractivity contribution in [1.82, 2.24) is 4.98 Å². The Morgan fingerprint density at radius 1 is 1.30 bits per heavy atom. The fourth-order valence-electron chi connectivity index (χ4n) is 2.06. The van der Waals surface area contributed by atoms with Gasteiger partial charge in [0.1, 0.15) is 10.8 Å². The SMILES string of the molecule is Cc1cc(C)c(C(N)=S)c(NCc2ccc(Cl)cc2)n1. The molecular formula is C15H16ClN3S. The Bertz CT molecular complexity index is 638. The van der Waals surface area contributed by atoms with E-state index in [1.165, 1.54) is 0 Å². The molecule has 0 saturated heterocycles. The Balaban J connectivity index is 2.24. The van der Waals surface area contributed by atoms with Crippen LogP contribution >= 0.6 is 23.8 Å². The summed E-state index contributed by atoms with van der Waals surface area (Å²) in [6.45, 7) is 4.57. The summed E-state index contributed by atoms with van der Waals surface area (Å²) in [5.74, 6) is 0.727. The minimum Gasteiger partial charge on any atom is -0.389 e. The number of nitrogens with one attached hydrogen (secondary N) is 1. The molecule has 0 atom stereocenters. The molecule has 0 unspecified atom stereocenters. The average Bonchev–Trinajstić information content (AvgIpc) is 2.36. The number of nitrogens with two attached hydrogens (primary N) is 1. The molecular weight excluding hydrogens is 290 g/mol. The molecule has 1 heterocycles. The number of hydrogen-bond acceptors (Lipinski definition) is 3. The van der Waals surface area contributed by atoms with Crippen LogP contribution in [0.3, 0.4) is 0 Å². The van der Waals surface area contributed by atoms with E-state index in [9.17, 15) is 0 Å². The van der Waals surface area contributed by atoms with Crippen LogP contribution in [0.5, 0.6) is 0 Å². The molecule has 0 saturated carbocycles. The van der Waals surface area contributed by atoms with E-state index in [1.54, 1.807) is 0 Å². The van der Waals surface area contributed by atoms with E-state index in [0.717, 1.165) is 33.2 Å². The van der Waals surface area contributed by atoms with Crippen LogP contribution in [0.15, 0.2) is 30.3 Å². The molecule has 0 aliphatic rings. The van der Waals surface area contributed by atoms with Crippen molar-refractivity contribution in [3.8, 4) is 0 Å². The molecule has 0 amide bonds. The molecule has 0 spiro atoms. The van der Waals surface area contributed by atoms with E-state index in [2.05, 4.69) is 10.3 Å². The summed E-state index contributed by atoms with van der Waals surface area (Å²) in [6.07, 6.45) is 0. The largest absolute Gasteiger partial charge is 0.389 e. The van der Waals surface area contributed by atoms with Gasteiger partial charge in [-0.2, -0.15) is 0 Å². The first kappa shape index (κ1) is 14.8. The van der Waals surface area contributed by atoms with Crippen LogP contribution in [-0.4, -0.2) is 9.97 Å². The first-order valence-corrected chi connectivity index (χ1v) is 7.02. The van der Waals surface area contributed by atoms with Crippen molar-refractivity contribution in [1.29, 1.82) is 0 Å². The van der Waals surface area contributed by atoms with Gasteiger partial charge in [-0.3, -0.25) is 0 Å². The van der Waals surface area contributed by atoms with Crippen molar-refractivity contribution in [3.05, 3.63) is 57.7 Å². The lowest BCUT2D eigenvalue weighted by atomic mass is 10.1. The Kier molecular flexibility index (Phi) is 4.57. The number of rotatable bonds is 4. The molecule has 3 nitrogen and oxygen atoms in total. The Hall–Kier alpha value is -1.65. The van der Waals surface area contributed by atoms with E-state index in [1.807, 2.05) is 44.2 Å². The number of aromatic nitrogens is 1. The smallest absolute Gasteiger partial charge is 0.137 e. The summed E-state index contributed by atoms with van der Waals surface area (Å²) < 4.78 is 0. The molecule has 0 radical (unpaired) electrons. The van der Waals surface area contributed by atoms with Crippen LogP contribution in [0, 0.1) is 13.8 Å². The second-order valence-electron chi connectivity index (χ2n) is 4.65. The summed E-state index contributed by atoms with van der Waals surface area (Å²) in [7, 11) is 0. The third kappa shape index (κ3) is 3.46. The van der Waals surface area contributed by atoms with Gasteiger partial charge in [-0.1, -0.05) is 36.0 Å². The molecule has 0 fully saturated rings. The maximum Gasteiger partial charge on any atom is 0.137 e. The van der Waals surface area contributed by atoms with E-state index in [4.69, 9.17) is 29.6 Å². The maximum atomic E-state index is 5.87. The van der Waals surface area contributed by atoms with Gasteiger partial charge in [0.05, 0.1) is 5.56 Å². The van der Waals surface area contributed by atoms with Crippen LogP contribution in [0.25, 0.3) is 0 Å². The normalized spacial score (nSPS) is 10.3. The second kappa shape index (κ2) is 6.20. The summed E-state index contributed by atoms with van der Waals surface area (Å²) in [5, 5.41) is 4.01. The van der Waals surface area contributed by atoms with Crippen LogP contribution in [0.4, 0.5) is 5.82 Å². The van der Waals surface area contributed by atoms with Gasteiger partial charge in [-0.05, 0) is 43.2 Å². The summed E-state index contributed by atoms with van der Waals surface area (Å²) in [4.78, 5) is 4.84. The highest BCUT2D eigenvalue weighted by molar-refractivity contribution is 7.80. The highest BCUT2D eigenvalue weighted by Crippen LogP contribution is 2.19. The van der Waals surface area contributed by atoms with Gasteiger partial charge in [0.25, 0.3) is 0 Å². The van der Waals surface area contributed by atoms with Crippen LogP contribution in [0.1, 0.15) is 22.4 Å². The molecule has 104 valence electrons. The number of pyridine rings is 1. The fraction of sp³-hybridized carbons (Fsp3) is 0.200. The third-order valence-corrected chi connectivity index (χ3v) is 3.42. The number of halogens is 1. The molecule has 2 aromatic rings. The van der Waals surface area contributed by atoms with Crippen molar-refractivity contribution >= 4 is 34.6 Å². The summed E-state index contributed by atoms with van der Waals surface area (Å²) >= 11 is 11.0. The molecule has 20 heavy (non-hydrogen) atoms. The zero-order chi connectivity index (χ0) is 14.7. The maximum absolute atomic E-state index is 5.87. The fourth-order valence-corrected chi connectivity index (χ4v) is 2.45. The Labute approximate surface area is 129 Å². The highest BCUT2D eigenvalue weighted by atomic mass is 35.5. The number of anilines is 1. The van der Waals surface area contributed by atoms with Gasteiger partial charge in [0, 0.05) is 17.3 Å². The summed E-state index contributed by atoms with van der Waals surface area (Å²) in [5.41, 5.74) is 9.67. The lowest BCUT2D eigenvalue weighted by Gasteiger charge is -2.14. The van der Waals surface area contributed by atoms with Crippen LogP contribution < -0.4 is 11.1 Å². The minimum absolute atomic E-state index is 0.355. The van der Waals surface area contributed by atoms with Gasteiger partial charge in [0.2, 0.25) is 0 Å². The van der Waals surface area contributed by atoms with E-state index in [-0.39, 0.29) is 0 Å². The molecule has 1 aromatic carbocycles. The zero-order valence-electron chi connectivity index (χ0n) is 11.4. The number of benzene rings is 1.